The molecule has 1 aliphatic carbocycles. The Bertz CT molecular complexity index is 436. The van der Waals surface area contributed by atoms with Crippen LogP contribution in [0.15, 0.2) is 30.3 Å². The number of nitrogens with one attached hydrogen (secondary N) is 1. The van der Waals surface area contributed by atoms with Crippen LogP contribution in [-0.4, -0.2) is 42.7 Å². The lowest BCUT2D eigenvalue weighted by Gasteiger charge is -2.42. The van der Waals surface area contributed by atoms with Gasteiger partial charge in [-0.25, -0.2) is 0 Å². The molecule has 3 nitrogen and oxygen atoms in total. The Morgan fingerprint density at radius 2 is 1.77 bits per heavy atom. The second kappa shape index (κ2) is 7.58. The van der Waals surface area contributed by atoms with Gasteiger partial charge in [-0.15, -0.1) is 0 Å². The van der Waals surface area contributed by atoms with Gasteiger partial charge in [0.1, 0.15) is 5.60 Å². The van der Waals surface area contributed by atoms with Crippen LogP contribution >= 0.6 is 0 Å². The van der Waals surface area contributed by atoms with Gasteiger partial charge in [-0.1, -0.05) is 49.6 Å². The van der Waals surface area contributed by atoms with Gasteiger partial charge < -0.3 is 10.4 Å². The summed E-state index contributed by atoms with van der Waals surface area (Å²) in [6, 6.07) is 10.4. The summed E-state index contributed by atoms with van der Waals surface area (Å²) in [5, 5.41) is 15.1. The van der Waals surface area contributed by atoms with Gasteiger partial charge in [-0.3, -0.25) is 4.90 Å². The molecular formula is C19H30N2O. The average Bonchev–Trinajstić information content (AvgIpc) is 2.85. The zero-order valence-electron chi connectivity index (χ0n) is 13.6. The monoisotopic (exact) mass is 302 g/mol. The maximum atomic E-state index is 11.7. The fourth-order valence-corrected chi connectivity index (χ4v) is 4.16. The second-order valence-corrected chi connectivity index (χ2v) is 7.00. The molecule has 3 rings (SSSR count). The highest BCUT2D eigenvalue weighted by Crippen LogP contribution is 2.40. The number of β-amino-alcohol motifs (C(OH)–C–C–N with tert-alkyl or cyclic N) is 1. The van der Waals surface area contributed by atoms with Crippen molar-refractivity contribution in [3.05, 3.63) is 35.9 Å². The highest BCUT2D eigenvalue weighted by atomic mass is 16.3. The number of hydrogen-bond donors (Lipinski definition) is 2. The largest absolute Gasteiger partial charge is 0.384 e. The number of nitrogens with zero attached hydrogens (tertiary/aromatic N) is 1. The fraction of sp³-hybridized carbons (Fsp3) is 0.684. The highest BCUT2D eigenvalue weighted by molar-refractivity contribution is 5.24. The smallest absolute Gasteiger partial charge is 0.105 e. The topological polar surface area (TPSA) is 35.5 Å². The molecule has 1 aromatic carbocycles. The summed E-state index contributed by atoms with van der Waals surface area (Å²) in [5.74, 6) is 0.403. The minimum absolute atomic E-state index is 0.403. The van der Waals surface area contributed by atoms with Crippen molar-refractivity contribution in [1.82, 2.24) is 10.2 Å². The Labute approximate surface area is 134 Å². The molecule has 0 spiro atoms. The summed E-state index contributed by atoms with van der Waals surface area (Å²) in [5.41, 5.74) is 0.422. The predicted molar refractivity (Wildman–Crippen MR) is 90.8 cm³/mol. The Balaban J connectivity index is 1.81. The van der Waals surface area contributed by atoms with E-state index in [4.69, 9.17) is 0 Å². The molecule has 122 valence electrons. The molecule has 1 unspecified atom stereocenters. The van der Waals surface area contributed by atoms with Crippen LogP contribution in [0.3, 0.4) is 0 Å². The molecule has 1 saturated carbocycles. The van der Waals surface area contributed by atoms with Crippen molar-refractivity contribution < 1.29 is 5.11 Å². The zero-order valence-corrected chi connectivity index (χ0v) is 13.6. The zero-order chi connectivity index (χ0) is 15.3. The second-order valence-electron chi connectivity index (χ2n) is 7.00. The third kappa shape index (κ3) is 3.70. The van der Waals surface area contributed by atoms with Crippen LogP contribution in [0.2, 0.25) is 0 Å². The summed E-state index contributed by atoms with van der Waals surface area (Å²) in [7, 11) is 0. The van der Waals surface area contributed by atoms with E-state index < -0.39 is 5.60 Å². The van der Waals surface area contributed by atoms with Gasteiger partial charge in [0.2, 0.25) is 0 Å². The molecule has 1 aliphatic heterocycles. The number of rotatable bonds is 4. The van der Waals surface area contributed by atoms with Crippen molar-refractivity contribution in [3.63, 3.8) is 0 Å². The molecule has 22 heavy (non-hydrogen) atoms. The summed E-state index contributed by atoms with van der Waals surface area (Å²) in [6.45, 7) is 5.05. The predicted octanol–water partition coefficient (Wildman–Crippen LogP) is 2.75. The molecule has 1 aromatic rings. The van der Waals surface area contributed by atoms with Gasteiger partial charge in [0, 0.05) is 19.6 Å². The lowest BCUT2D eigenvalue weighted by atomic mass is 9.73. The SMILES string of the molecule is OC(CN1CCCNCC1)(c1ccccc1)C1CCCCC1. The molecular weight excluding hydrogens is 272 g/mol. The van der Waals surface area contributed by atoms with Crippen LogP contribution in [0.25, 0.3) is 0 Å². The minimum atomic E-state index is -0.688. The quantitative estimate of drug-likeness (QED) is 0.898. The van der Waals surface area contributed by atoms with E-state index >= 15 is 0 Å². The molecule has 0 bridgehead atoms. The summed E-state index contributed by atoms with van der Waals surface area (Å²) in [6.07, 6.45) is 7.36. The standard InChI is InChI=1S/C19H30N2O/c22-19(17-8-3-1-4-9-17,18-10-5-2-6-11-18)16-21-14-7-12-20-13-15-21/h1,3-4,8-9,18,20,22H,2,5-7,10-16H2. The van der Waals surface area contributed by atoms with Crippen LogP contribution in [-0.2, 0) is 5.60 Å². The van der Waals surface area contributed by atoms with E-state index in [1.54, 1.807) is 0 Å². The van der Waals surface area contributed by atoms with Crippen molar-refractivity contribution in [3.8, 4) is 0 Å². The Kier molecular flexibility index (Phi) is 5.51. The van der Waals surface area contributed by atoms with E-state index in [-0.39, 0.29) is 0 Å². The molecule has 0 aromatic heterocycles. The fourth-order valence-electron chi connectivity index (χ4n) is 4.16. The molecule has 2 aliphatic rings. The maximum Gasteiger partial charge on any atom is 0.105 e. The van der Waals surface area contributed by atoms with Crippen LogP contribution in [0.5, 0.6) is 0 Å². The molecule has 1 saturated heterocycles. The van der Waals surface area contributed by atoms with E-state index in [9.17, 15) is 5.11 Å². The molecule has 1 heterocycles. The van der Waals surface area contributed by atoms with E-state index in [2.05, 4.69) is 34.5 Å². The third-order valence-electron chi connectivity index (χ3n) is 5.45. The molecule has 0 amide bonds. The van der Waals surface area contributed by atoms with Crippen molar-refractivity contribution in [2.24, 2.45) is 5.92 Å². The third-order valence-corrected chi connectivity index (χ3v) is 5.45. The Hall–Kier alpha value is -0.900. The Morgan fingerprint density at radius 3 is 2.55 bits per heavy atom. The number of aliphatic hydroxyl groups is 1. The van der Waals surface area contributed by atoms with E-state index in [0.29, 0.717) is 5.92 Å². The summed E-state index contributed by atoms with van der Waals surface area (Å²) in [4.78, 5) is 2.46. The van der Waals surface area contributed by atoms with E-state index in [1.165, 1.54) is 25.7 Å². The summed E-state index contributed by atoms with van der Waals surface area (Å²) >= 11 is 0. The first-order valence-electron chi connectivity index (χ1n) is 9.00. The van der Waals surface area contributed by atoms with Crippen LogP contribution in [0, 0.1) is 5.92 Å². The maximum absolute atomic E-state index is 11.7. The van der Waals surface area contributed by atoms with Crippen LogP contribution in [0.1, 0.15) is 44.1 Å². The van der Waals surface area contributed by atoms with Gasteiger partial charge in [0.15, 0.2) is 0 Å². The lowest BCUT2D eigenvalue weighted by Crippen LogP contribution is -2.47. The average molecular weight is 302 g/mol. The van der Waals surface area contributed by atoms with E-state index in [1.807, 2.05) is 6.07 Å². The van der Waals surface area contributed by atoms with Crippen LogP contribution < -0.4 is 5.32 Å². The van der Waals surface area contributed by atoms with E-state index in [0.717, 1.165) is 51.1 Å². The first-order chi connectivity index (χ1) is 10.8. The molecule has 0 radical (unpaired) electrons. The molecule has 3 heteroatoms. The molecule has 1 atom stereocenters. The number of hydrogen-bond acceptors (Lipinski definition) is 3. The molecule has 2 N–H and O–H groups in total. The summed E-state index contributed by atoms with van der Waals surface area (Å²) < 4.78 is 0. The first-order valence-corrected chi connectivity index (χ1v) is 9.00. The van der Waals surface area contributed by atoms with Crippen LogP contribution in [0.4, 0.5) is 0 Å². The first kappa shape index (κ1) is 16.0. The highest BCUT2D eigenvalue weighted by Gasteiger charge is 2.40. The van der Waals surface area contributed by atoms with Crippen molar-refractivity contribution in [2.75, 3.05) is 32.7 Å². The Morgan fingerprint density at radius 1 is 1.00 bits per heavy atom. The van der Waals surface area contributed by atoms with Gasteiger partial charge in [-0.2, -0.15) is 0 Å². The van der Waals surface area contributed by atoms with Gasteiger partial charge in [-0.05, 0) is 43.8 Å². The minimum Gasteiger partial charge on any atom is -0.384 e. The van der Waals surface area contributed by atoms with Crippen molar-refractivity contribution in [1.29, 1.82) is 0 Å². The molecule has 2 fully saturated rings. The van der Waals surface area contributed by atoms with Crippen molar-refractivity contribution in [2.45, 2.75) is 44.1 Å². The van der Waals surface area contributed by atoms with Gasteiger partial charge in [0.25, 0.3) is 0 Å². The lowest BCUT2D eigenvalue weighted by molar-refractivity contribution is -0.0630. The van der Waals surface area contributed by atoms with Crippen molar-refractivity contribution >= 4 is 0 Å². The van der Waals surface area contributed by atoms with Gasteiger partial charge >= 0.3 is 0 Å². The number of benzene rings is 1. The van der Waals surface area contributed by atoms with Gasteiger partial charge in [0.05, 0.1) is 0 Å². The normalized spacial score (nSPS) is 24.6.